The van der Waals surface area contributed by atoms with Crippen LogP contribution in [-0.4, -0.2) is 87.4 Å². The maximum Gasteiger partial charge on any atom is 0.419 e. The molecule has 2 fully saturated rings. The molecule has 3 unspecified atom stereocenters. The molecule has 0 bridgehead atoms. The lowest BCUT2D eigenvalue weighted by Crippen LogP contribution is -2.63. The van der Waals surface area contributed by atoms with Gasteiger partial charge in [0.1, 0.15) is 18.0 Å². The molecule has 3 heterocycles. The third-order valence-electron chi connectivity index (χ3n) is 5.62. The van der Waals surface area contributed by atoms with Crippen molar-refractivity contribution < 1.29 is 33.6 Å². The zero-order valence-corrected chi connectivity index (χ0v) is 15.3. The van der Waals surface area contributed by atoms with Crippen LogP contribution in [0.15, 0.2) is 18.3 Å². The fraction of sp³-hybridized carbons (Fsp3) is 0.722. The third kappa shape index (κ3) is 4.41. The van der Waals surface area contributed by atoms with E-state index in [1.54, 1.807) is 9.80 Å². The van der Waals surface area contributed by atoms with Crippen molar-refractivity contribution in [3.05, 3.63) is 23.9 Å². The van der Waals surface area contributed by atoms with Gasteiger partial charge in [-0.3, -0.25) is 4.90 Å². The number of alkyl halides is 3. The van der Waals surface area contributed by atoms with Gasteiger partial charge in [-0.25, -0.2) is 4.98 Å². The number of nitrogens with zero attached hydrogens (tertiary/aromatic N) is 3. The summed E-state index contributed by atoms with van der Waals surface area (Å²) in [7, 11) is 0. The van der Waals surface area contributed by atoms with Crippen LogP contribution in [0.4, 0.5) is 19.0 Å². The van der Waals surface area contributed by atoms with Gasteiger partial charge in [-0.2, -0.15) is 13.2 Å². The quantitative estimate of drug-likeness (QED) is 0.563. The van der Waals surface area contributed by atoms with Crippen molar-refractivity contribution in [1.29, 1.82) is 0 Å². The number of rotatable bonds is 4. The minimum absolute atomic E-state index is 0.0273. The highest BCUT2D eigenvalue weighted by Crippen LogP contribution is 2.36. The molecule has 1 aromatic rings. The molecule has 0 spiro atoms. The summed E-state index contributed by atoms with van der Waals surface area (Å²) in [6.45, 7) is 0.890. The maximum absolute atomic E-state index is 13.3. The van der Waals surface area contributed by atoms with Gasteiger partial charge in [0.25, 0.3) is 0 Å². The Hall–Kier alpha value is -1.46. The Labute approximate surface area is 161 Å². The Morgan fingerprint density at radius 1 is 1.14 bits per heavy atom. The Morgan fingerprint density at radius 2 is 1.89 bits per heavy atom. The highest BCUT2D eigenvalue weighted by Gasteiger charge is 2.42. The number of anilines is 1. The van der Waals surface area contributed by atoms with Gasteiger partial charge in [0.2, 0.25) is 0 Å². The van der Waals surface area contributed by atoms with Gasteiger partial charge in [-0.1, -0.05) is 0 Å². The summed E-state index contributed by atoms with van der Waals surface area (Å²) in [5.74, 6) is -0.118. The second-order valence-electron chi connectivity index (χ2n) is 7.58. The van der Waals surface area contributed by atoms with Crippen molar-refractivity contribution in [2.75, 3.05) is 37.7 Å². The largest absolute Gasteiger partial charge is 0.419 e. The van der Waals surface area contributed by atoms with E-state index in [-0.39, 0.29) is 24.9 Å². The number of hydrogen-bond donors (Lipinski definition) is 4. The van der Waals surface area contributed by atoms with Crippen molar-refractivity contribution in [3.8, 4) is 0 Å². The highest BCUT2D eigenvalue weighted by molar-refractivity contribution is 5.48. The smallest absolute Gasteiger partial charge is 0.395 e. The van der Waals surface area contributed by atoms with E-state index in [0.717, 1.165) is 12.5 Å². The second kappa shape index (κ2) is 8.50. The molecule has 28 heavy (non-hydrogen) atoms. The minimum atomic E-state index is -4.49. The predicted octanol–water partition coefficient (Wildman–Crippen LogP) is 0.0760. The molecular formula is C18H26F3N3O4. The van der Waals surface area contributed by atoms with Crippen LogP contribution < -0.4 is 4.90 Å². The molecule has 2 aliphatic heterocycles. The fourth-order valence-corrected chi connectivity index (χ4v) is 4.20. The number of aromatic nitrogens is 1. The van der Waals surface area contributed by atoms with Gasteiger partial charge in [-0.15, -0.1) is 0 Å². The van der Waals surface area contributed by atoms with Crippen LogP contribution in [0.2, 0.25) is 0 Å². The van der Waals surface area contributed by atoms with E-state index in [0.29, 0.717) is 26.1 Å². The normalized spacial score (nSPS) is 32.5. The molecule has 7 nitrogen and oxygen atoms in total. The van der Waals surface area contributed by atoms with Gasteiger partial charge in [-0.05, 0) is 30.9 Å². The second-order valence-corrected chi connectivity index (χ2v) is 7.58. The summed E-state index contributed by atoms with van der Waals surface area (Å²) in [5, 5.41) is 39.4. The van der Waals surface area contributed by atoms with Crippen LogP contribution in [0.3, 0.4) is 0 Å². The Balaban J connectivity index is 1.72. The summed E-state index contributed by atoms with van der Waals surface area (Å²) < 4.78 is 39.9. The van der Waals surface area contributed by atoms with Crippen LogP contribution in [0, 0.1) is 5.92 Å². The first-order valence-corrected chi connectivity index (χ1v) is 9.38. The average Bonchev–Trinajstić information content (AvgIpc) is 2.66. The lowest BCUT2D eigenvalue weighted by atomic mass is 9.91. The Morgan fingerprint density at radius 3 is 2.57 bits per heavy atom. The molecule has 2 aliphatic rings. The van der Waals surface area contributed by atoms with Gasteiger partial charge >= 0.3 is 6.18 Å². The number of hydrogen-bond acceptors (Lipinski definition) is 7. The molecule has 0 aliphatic carbocycles. The van der Waals surface area contributed by atoms with Crippen molar-refractivity contribution in [1.82, 2.24) is 9.88 Å². The first kappa shape index (κ1) is 21.3. The van der Waals surface area contributed by atoms with E-state index in [4.69, 9.17) is 0 Å². The van der Waals surface area contributed by atoms with Gasteiger partial charge in [0.05, 0.1) is 24.3 Å². The standard InChI is InChI=1S/C18H26F3N3O4/c19-18(20,21)12-4-1-5-22-17(12)23-6-2-3-11(7-23)8-24-9-14(26)16(28)15(27)13(24)10-25/h1,4-5,11,13-16,25-28H,2-3,6-10H2/t11-,13-,14?,15?,16?/m0/s1. The maximum atomic E-state index is 13.3. The number of aliphatic hydroxyl groups excluding tert-OH is 4. The van der Waals surface area contributed by atoms with Gasteiger partial charge < -0.3 is 25.3 Å². The van der Waals surface area contributed by atoms with E-state index < -0.39 is 36.1 Å². The molecule has 0 radical (unpaired) electrons. The SMILES string of the molecule is OC[C@H]1C(O)C(O)C(O)CN1C[C@H]1CCCN(c2ncccc2C(F)(F)F)C1. The van der Waals surface area contributed by atoms with E-state index in [9.17, 15) is 33.6 Å². The molecule has 1 aromatic heterocycles. The molecule has 4 N–H and O–H groups in total. The van der Waals surface area contributed by atoms with Crippen molar-refractivity contribution in [3.63, 3.8) is 0 Å². The Kier molecular flexibility index (Phi) is 6.45. The summed E-state index contributed by atoms with van der Waals surface area (Å²) in [6.07, 6.45) is -5.46. The first-order valence-electron chi connectivity index (χ1n) is 9.38. The van der Waals surface area contributed by atoms with Crippen molar-refractivity contribution >= 4 is 5.82 Å². The Bertz CT molecular complexity index is 663. The molecule has 0 amide bonds. The van der Waals surface area contributed by atoms with Gasteiger partial charge in [0, 0.05) is 32.4 Å². The van der Waals surface area contributed by atoms with Crippen molar-refractivity contribution in [2.24, 2.45) is 5.92 Å². The highest BCUT2D eigenvalue weighted by atomic mass is 19.4. The molecule has 0 saturated carbocycles. The van der Waals surface area contributed by atoms with E-state index in [1.165, 1.54) is 12.3 Å². The molecule has 10 heteroatoms. The number of halogens is 3. The molecule has 158 valence electrons. The summed E-state index contributed by atoms with van der Waals surface area (Å²) in [6, 6.07) is 1.56. The average molecular weight is 405 g/mol. The molecular weight excluding hydrogens is 379 g/mol. The van der Waals surface area contributed by atoms with Crippen LogP contribution >= 0.6 is 0 Å². The van der Waals surface area contributed by atoms with Crippen molar-refractivity contribution in [2.45, 2.75) is 43.4 Å². The number of pyridine rings is 1. The topological polar surface area (TPSA) is 100 Å². The number of piperidine rings is 2. The lowest BCUT2D eigenvalue weighted by molar-refractivity contribution is -0.147. The number of aliphatic hydroxyl groups is 4. The first-order chi connectivity index (χ1) is 13.2. The summed E-state index contributed by atoms with van der Waals surface area (Å²) in [4.78, 5) is 7.28. The molecule has 0 aromatic carbocycles. The zero-order chi connectivity index (χ0) is 20.5. The van der Waals surface area contributed by atoms with E-state index in [1.807, 2.05) is 0 Å². The van der Waals surface area contributed by atoms with Crippen LogP contribution in [0.1, 0.15) is 18.4 Å². The number of β-amino-alcohol motifs (C(OH)–C–C–N with tert-alkyl or cyclic N) is 1. The van der Waals surface area contributed by atoms with E-state index >= 15 is 0 Å². The lowest BCUT2D eigenvalue weighted by Gasteiger charge is -2.45. The third-order valence-corrected chi connectivity index (χ3v) is 5.62. The zero-order valence-electron chi connectivity index (χ0n) is 15.3. The van der Waals surface area contributed by atoms with E-state index in [2.05, 4.69) is 4.98 Å². The number of likely N-dealkylation sites (tertiary alicyclic amines) is 1. The van der Waals surface area contributed by atoms with Crippen LogP contribution in [-0.2, 0) is 6.18 Å². The predicted molar refractivity (Wildman–Crippen MR) is 94.6 cm³/mol. The molecule has 3 rings (SSSR count). The van der Waals surface area contributed by atoms with Crippen LogP contribution in [0.25, 0.3) is 0 Å². The van der Waals surface area contributed by atoms with Crippen LogP contribution in [0.5, 0.6) is 0 Å². The minimum Gasteiger partial charge on any atom is -0.395 e. The summed E-state index contributed by atoms with van der Waals surface area (Å²) >= 11 is 0. The van der Waals surface area contributed by atoms with Gasteiger partial charge in [0.15, 0.2) is 0 Å². The molecule has 5 atom stereocenters. The monoisotopic (exact) mass is 405 g/mol. The molecule has 2 saturated heterocycles. The fourth-order valence-electron chi connectivity index (χ4n) is 4.20. The summed E-state index contributed by atoms with van der Waals surface area (Å²) in [5.41, 5.74) is -0.768.